The molecule has 0 heterocycles. The fourth-order valence-electron chi connectivity index (χ4n) is 0.697. The van der Waals surface area contributed by atoms with E-state index in [4.69, 9.17) is 10.8 Å². The highest BCUT2D eigenvalue weighted by molar-refractivity contribution is 5.69. The van der Waals surface area contributed by atoms with Crippen LogP contribution in [0.3, 0.4) is 0 Å². The summed E-state index contributed by atoms with van der Waals surface area (Å²) in [4.78, 5) is 10.3. The number of rotatable bonds is 5. The van der Waals surface area contributed by atoms with Gasteiger partial charge in [-0.15, -0.1) is 0 Å². The zero-order chi connectivity index (χ0) is 9.56. The number of hydrogen-bond acceptors (Lipinski definition) is 2. The van der Waals surface area contributed by atoms with Gasteiger partial charge in [-0.1, -0.05) is 13.0 Å². The molecule has 0 aromatic heterocycles. The van der Waals surface area contributed by atoms with Crippen molar-refractivity contribution in [3.05, 3.63) is 11.9 Å². The van der Waals surface area contributed by atoms with Crippen molar-refractivity contribution in [2.45, 2.75) is 19.8 Å². The number of carbonyl (C=O) groups is 1. The minimum absolute atomic E-state index is 0.110. The van der Waals surface area contributed by atoms with Crippen LogP contribution in [0.15, 0.2) is 11.9 Å². The first-order valence-corrected chi connectivity index (χ1v) is 3.85. The Hall–Kier alpha value is -0.900. The van der Waals surface area contributed by atoms with Crippen LogP contribution in [-0.4, -0.2) is 17.6 Å². The first-order chi connectivity index (χ1) is 5.57. The molecule has 0 saturated carbocycles. The van der Waals surface area contributed by atoms with E-state index >= 15 is 0 Å². The molecule has 0 aromatic carbocycles. The number of carboxylic acids is 1. The van der Waals surface area contributed by atoms with E-state index in [0.29, 0.717) is 12.8 Å². The SMILES string of the molecule is C[C@@H](CCC=C(F)CN)C(=O)O. The first kappa shape index (κ1) is 11.1. The Morgan fingerprint density at radius 3 is 2.75 bits per heavy atom. The Balaban J connectivity index is 3.62. The van der Waals surface area contributed by atoms with Gasteiger partial charge in [0, 0.05) is 6.54 Å². The second kappa shape index (κ2) is 5.71. The Kier molecular flexibility index (Phi) is 5.28. The second-order valence-corrected chi connectivity index (χ2v) is 2.67. The lowest BCUT2D eigenvalue weighted by Crippen LogP contribution is -2.08. The standard InChI is InChI=1S/C8H14FNO2/c1-6(8(11)12)3-2-4-7(9)5-10/h4,6H,2-3,5,10H2,1H3,(H,11,12)/t6-/m0/s1. The van der Waals surface area contributed by atoms with Crippen molar-refractivity contribution >= 4 is 5.97 Å². The van der Waals surface area contributed by atoms with E-state index in [0.717, 1.165) is 0 Å². The molecule has 0 aliphatic rings. The van der Waals surface area contributed by atoms with Gasteiger partial charge in [-0.25, -0.2) is 4.39 Å². The molecule has 12 heavy (non-hydrogen) atoms. The van der Waals surface area contributed by atoms with Crippen LogP contribution in [0.2, 0.25) is 0 Å². The van der Waals surface area contributed by atoms with E-state index in [9.17, 15) is 9.18 Å². The van der Waals surface area contributed by atoms with E-state index in [2.05, 4.69) is 0 Å². The van der Waals surface area contributed by atoms with Gasteiger partial charge in [-0.05, 0) is 12.8 Å². The van der Waals surface area contributed by atoms with Crippen LogP contribution < -0.4 is 5.73 Å². The van der Waals surface area contributed by atoms with Gasteiger partial charge in [-0.3, -0.25) is 4.79 Å². The van der Waals surface area contributed by atoms with Gasteiger partial charge < -0.3 is 10.8 Å². The topological polar surface area (TPSA) is 63.3 Å². The van der Waals surface area contributed by atoms with E-state index in [1.165, 1.54) is 6.08 Å². The van der Waals surface area contributed by atoms with E-state index < -0.39 is 11.9 Å². The highest BCUT2D eigenvalue weighted by Gasteiger charge is 2.08. The fraction of sp³-hybridized carbons (Fsp3) is 0.625. The molecule has 0 fully saturated rings. The monoisotopic (exact) mass is 175 g/mol. The molecule has 0 aliphatic heterocycles. The largest absolute Gasteiger partial charge is 0.481 e. The highest BCUT2D eigenvalue weighted by Crippen LogP contribution is 2.07. The van der Waals surface area contributed by atoms with Gasteiger partial charge >= 0.3 is 5.97 Å². The van der Waals surface area contributed by atoms with Gasteiger partial charge in [0.1, 0.15) is 5.83 Å². The van der Waals surface area contributed by atoms with E-state index in [1.807, 2.05) is 0 Å². The Morgan fingerprint density at radius 2 is 2.33 bits per heavy atom. The number of aliphatic carboxylic acids is 1. The lowest BCUT2D eigenvalue weighted by molar-refractivity contribution is -0.141. The van der Waals surface area contributed by atoms with Crippen LogP contribution in [0, 0.1) is 5.92 Å². The number of halogens is 1. The maximum atomic E-state index is 12.4. The minimum Gasteiger partial charge on any atom is -0.481 e. The normalized spacial score (nSPS) is 14.4. The summed E-state index contributed by atoms with van der Waals surface area (Å²) in [6, 6.07) is 0. The summed E-state index contributed by atoms with van der Waals surface area (Å²) < 4.78 is 12.4. The van der Waals surface area contributed by atoms with Gasteiger partial charge in [0.25, 0.3) is 0 Å². The summed E-state index contributed by atoms with van der Waals surface area (Å²) in [7, 11) is 0. The first-order valence-electron chi connectivity index (χ1n) is 3.85. The van der Waals surface area contributed by atoms with Crippen LogP contribution in [0.25, 0.3) is 0 Å². The van der Waals surface area contributed by atoms with Crippen molar-refractivity contribution in [1.29, 1.82) is 0 Å². The van der Waals surface area contributed by atoms with Crippen LogP contribution in [-0.2, 0) is 4.79 Å². The molecule has 0 aromatic rings. The van der Waals surface area contributed by atoms with Gasteiger partial charge in [0.2, 0.25) is 0 Å². The van der Waals surface area contributed by atoms with Crippen molar-refractivity contribution < 1.29 is 14.3 Å². The third-order valence-corrected chi connectivity index (χ3v) is 1.58. The molecule has 3 nitrogen and oxygen atoms in total. The fourth-order valence-corrected chi connectivity index (χ4v) is 0.697. The zero-order valence-corrected chi connectivity index (χ0v) is 7.09. The Morgan fingerprint density at radius 1 is 1.75 bits per heavy atom. The summed E-state index contributed by atoms with van der Waals surface area (Å²) in [6.07, 6.45) is 2.21. The van der Waals surface area contributed by atoms with Crippen molar-refractivity contribution in [1.82, 2.24) is 0 Å². The summed E-state index contributed by atoms with van der Waals surface area (Å²) >= 11 is 0. The van der Waals surface area contributed by atoms with E-state index in [-0.39, 0.29) is 12.4 Å². The second-order valence-electron chi connectivity index (χ2n) is 2.67. The Bertz CT molecular complexity index is 180. The molecule has 0 saturated heterocycles. The molecule has 1 atom stereocenters. The molecule has 0 bridgehead atoms. The minimum atomic E-state index is -0.850. The molecule has 70 valence electrons. The Labute approximate surface area is 71.1 Å². The number of allylic oxidation sites excluding steroid dienone is 1. The number of hydrogen-bond donors (Lipinski definition) is 2. The van der Waals surface area contributed by atoms with E-state index in [1.54, 1.807) is 6.92 Å². The predicted octanol–water partition coefficient (Wildman–Crippen LogP) is 1.30. The van der Waals surface area contributed by atoms with Crippen LogP contribution in [0.1, 0.15) is 19.8 Å². The average molecular weight is 175 g/mol. The number of carboxylic acid groups (broad SMARTS) is 1. The van der Waals surface area contributed by atoms with Crippen molar-refractivity contribution in [2.75, 3.05) is 6.54 Å². The molecule has 3 N–H and O–H groups in total. The van der Waals surface area contributed by atoms with Crippen LogP contribution in [0.5, 0.6) is 0 Å². The molecular formula is C8H14FNO2. The lowest BCUT2D eigenvalue weighted by atomic mass is 10.1. The van der Waals surface area contributed by atoms with Gasteiger partial charge in [0.15, 0.2) is 0 Å². The molecular weight excluding hydrogens is 161 g/mol. The molecule has 0 radical (unpaired) electrons. The van der Waals surface area contributed by atoms with Crippen molar-refractivity contribution in [3.8, 4) is 0 Å². The van der Waals surface area contributed by atoms with Gasteiger partial charge in [0.05, 0.1) is 5.92 Å². The quantitative estimate of drug-likeness (QED) is 0.662. The number of nitrogens with two attached hydrogens (primary N) is 1. The van der Waals surface area contributed by atoms with Crippen LogP contribution >= 0.6 is 0 Å². The predicted molar refractivity (Wildman–Crippen MR) is 44.3 cm³/mol. The third-order valence-electron chi connectivity index (χ3n) is 1.58. The lowest BCUT2D eigenvalue weighted by Gasteiger charge is -2.01. The summed E-state index contributed by atoms with van der Waals surface area (Å²) in [5, 5.41) is 8.47. The molecule has 0 aliphatic carbocycles. The van der Waals surface area contributed by atoms with Crippen molar-refractivity contribution in [3.63, 3.8) is 0 Å². The molecule has 0 amide bonds. The summed E-state index contributed by atoms with van der Waals surface area (Å²) in [5.41, 5.74) is 4.99. The smallest absolute Gasteiger partial charge is 0.306 e. The maximum absolute atomic E-state index is 12.4. The molecule has 0 spiro atoms. The molecule has 0 rings (SSSR count). The maximum Gasteiger partial charge on any atom is 0.306 e. The molecule has 0 unspecified atom stereocenters. The van der Waals surface area contributed by atoms with Gasteiger partial charge in [-0.2, -0.15) is 0 Å². The zero-order valence-electron chi connectivity index (χ0n) is 7.09. The molecule has 4 heteroatoms. The summed E-state index contributed by atoms with van der Waals surface area (Å²) in [5.74, 6) is -1.66. The summed E-state index contributed by atoms with van der Waals surface area (Å²) in [6.45, 7) is 1.48. The highest BCUT2D eigenvalue weighted by atomic mass is 19.1. The third kappa shape index (κ3) is 4.85. The average Bonchev–Trinajstić information content (AvgIpc) is 2.03. The van der Waals surface area contributed by atoms with Crippen molar-refractivity contribution in [2.24, 2.45) is 11.7 Å². The van der Waals surface area contributed by atoms with Crippen LogP contribution in [0.4, 0.5) is 4.39 Å².